The lowest BCUT2D eigenvalue weighted by molar-refractivity contribution is -0.146. The fourth-order valence-electron chi connectivity index (χ4n) is 2.09. The Morgan fingerprint density at radius 1 is 1.10 bits per heavy atom. The number of rotatable bonds is 9. The van der Waals surface area contributed by atoms with E-state index in [9.17, 15) is 9.59 Å². The summed E-state index contributed by atoms with van der Waals surface area (Å²) in [6.07, 6.45) is 1.82. The highest BCUT2D eigenvalue weighted by molar-refractivity contribution is 5.82. The van der Waals surface area contributed by atoms with Gasteiger partial charge in [-0.1, -0.05) is 13.8 Å². The van der Waals surface area contributed by atoms with Gasteiger partial charge in [-0.3, -0.25) is 14.5 Å². The number of hydrogen-bond donors (Lipinski definition) is 1. The predicted octanol–water partition coefficient (Wildman–Crippen LogP) is 1.95. The molecule has 5 nitrogen and oxygen atoms in total. The molecule has 0 heterocycles. The second-order valence-corrected chi connectivity index (χ2v) is 5.27. The molecule has 1 N–H and O–H groups in total. The molecular weight excluding hydrogens is 256 g/mol. The third kappa shape index (κ3) is 6.37. The van der Waals surface area contributed by atoms with E-state index in [4.69, 9.17) is 4.74 Å². The van der Waals surface area contributed by atoms with Gasteiger partial charge in [0.25, 0.3) is 0 Å². The number of esters is 1. The normalized spacial score (nSPS) is 12.8. The summed E-state index contributed by atoms with van der Waals surface area (Å²) in [6, 6.07) is -0.0524. The number of carbonyl (C=O) groups excluding carboxylic acids is 2. The van der Waals surface area contributed by atoms with Crippen LogP contribution in [0.15, 0.2) is 0 Å². The van der Waals surface area contributed by atoms with Gasteiger partial charge in [0.05, 0.1) is 19.2 Å². The maximum Gasteiger partial charge on any atom is 0.320 e. The first-order valence-corrected chi connectivity index (χ1v) is 7.58. The van der Waals surface area contributed by atoms with E-state index in [0.29, 0.717) is 6.61 Å². The van der Waals surface area contributed by atoms with Crippen LogP contribution in [0.5, 0.6) is 0 Å². The Morgan fingerprint density at radius 3 is 2.05 bits per heavy atom. The molecule has 1 atom stereocenters. The Hall–Kier alpha value is -1.10. The van der Waals surface area contributed by atoms with Gasteiger partial charge in [0.2, 0.25) is 5.91 Å². The van der Waals surface area contributed by atoms with Gasteiger partial charge in [0, 0.05) is 12.1 Å². The molecule has 0 aliphatic rings. The number of nitrogens with one attached hydrogen (secondary N) is 1. The van der Waals surface area contributed by atoms with Crippen molar-refractivity contribution in [2.45, 2.75) is 72.5 Å². The van der Waals surface area contributed by atoms with Crippen LogP contribution in [0.1, 0.15) is 54.4 Å². The van der Waals surface area contributed by atoms with Crippen molar-refractivity contribution in [2.24, 2.45) is 0 Å². The summed E-state index contributed by atoms with van der Waals surface area (Å²) in [5, 5.41) is 3.02. The van der Waals surface area contributed by atoms with E-state index in [2.05, 4.69) is 19.2 Å². The van der Waals surface area contributed by atoms with Crippen molar-refractivity contribution in [3.63, 3.8) is 0 Å². The van der Waals surface area contributed by atoms with Gasteiger partial charge < -0.3 is 10.1 Å². The summed E-state index contributed by atoms with van der Waals surface area (Å²) in [5.74, 6) is -0.319. The molecular formula is C15H30N2O3. The molecule has 0 aromatic rings. The van der Waals surface area contributed by atoms with Crippen LogP contribution in [0, 0.1) is 0 Å². The van der Waals surface area contributed by atoms with E-state index in [1.54, 1.807) is 6.92 Å². The molecule has 0 aliphatic carbocycles. The number of hydrogen-bond acceptors (Lipinski definition) is 4. The molecule has 0 spiro atoms. The fraction of sp³-hybridized carbons (Fsp3) is 0.867. The minimum atomic E-state index is -0.347. The van der Waals surface area contributed by atoms with Crippen LogP contribution in [-0.4, -0.2) is 48.1 Å². The smallest absolute Gasteiger partial charge is 0.320 e. The lowest BCUT2D eigenvalue weighted by atomic mass is 10.1. The Kier molecular flexibility index (Phi) is 9.21. The zero-order valence-electron chi connectivity index (χ0n) is 13.7. The highest BCUT2D eigenvalue weighted by Crippen LogP contribution is 2.07. The minimum Gasteiger partial charge on any atom is -0.465 e. The van der Waals surface area contributed by atoms with Crippen molar-refractivity contribution in [1.82, 2.24) is 10.2 Å². The Bertz CT molecular complexity index is 301. The maximum atomic E-state index is 12.3. The molecule has 0 radical (unpaired) electrons. The summed E-state index contributed by atoms with van der Waals surface area (Å²) in [7, 11) is 0. The van der Waals surface area contributed by atoms with Gasteiger partial charge in [-0.05, 0) is 40.5 Å². The maximum absolute atomic E-state index is 12.3. The van der Waals surface area contributed by atoms with Crippen LogP contribution in [0.2, 0.25) is 0 Å². The van der Waals surface area contributed by atoms with E-state index < -0.39 is 0 Å². The van der Waals surface area contributed by atoms with E-state index in [0.717, 1.165) is 12.8 Å². The van der Waals surface area contributed by atoms with Crippen LogP contribution in [-0.2, 0) is 14.3 Å². The predicted molar refractivity (Wildman–Crippen MR) is 80.4 cm³/mol. The van der Waals surface area contributed by atoms with E-state index >= 15 is 0 Å². The number of nitrogens with zero attached hydrogens (tertiary/aromatic N) is 1. The summed E-state index contributed by atoms with van der Waals surface area (Å²) in [5.41, 5.74) is 0. The first-order valence-electron chi connectivity index (χ1n) is 7.58. The zero-order chi connectivity index (χ0) is 15.7. The van der Waals surface area contributed by atoms with Gasteiger partial charge in [0.15, 0.2) is 0 Å². The van der Waals surface area contributed by atoms with Gasteiger partial charge in [-0.25, -0.2) is 0 Å². The molecule has 0 aromatic carbocycles. The highest BCUT2D eigenvalue weighted by Gasteiger charge is 2.26. The third-order valence-corrected chi connectivity index (χ3v) is 3.49. The van der Waals surface area contributed by atoms with E-state index in [1.165, 1.54) is 0 Å². The van der Waals surface area contributed by atoms with Crippen LogP contribution in [0.3, 0.4) is 0 Å². The van der Waals surface area contributed by atoms with E-state index in [-0.39, 0.29) is 36.5 Å². The summed E-state index contributed by atoms with van der Waals surface area (Å²) >= 11 is 0. The van der Waals surface area contributed by atoms with Gasteiger partial charge in [0.1, 0.15) is 0 Å². The zero-order valence-corrected chi connectivity index (χ0v) is 13.7. The number of amides is 1. The summed E-state index contributed by atoms with van der Waals surface area (Å²) in [6.45, 7) is 12.2. The monoisotopic (exact) mass is 286 g/mol. The third-order valence-electron chi connectivity index (χ3n) is 3.49. The molecule has 0 bridgehead atoms. The Morgan fingerprint density at radius 2 is 1.65 bits per heavy atom. The molecule has 1 unspecified atom stereocenters. The molecule has 5 heteroatoms. The molecule has 0 rings (SSSR count). The first kappa shape index (κ1) is 18.9. The largest absolute Gasteiger partial charge is 0.465 e. The number of carbonyl (C=O) groups is 2. The lowest BCUT2D eigenvalue weighted by Crippen LogP contribution is -2.52. The topological polar surface area (TPSA) is 58.6 Å². The van der Waals surface area contributed by atoms with Crippen molar-refractivity contribution in [1.29, 1.82) is 0 Å². The van der Waals surface area contributed by atoms with Gasteiger partial charge in [-0.15, -0.1) is 0 Å². The van der Waals surface area contributed by atoms with Crippen LogP contribution >= 0.6 is 0 Å². The Labute approximate surface area is 123 Å². The molecule has 0 saturated carbocycles. The molecule has 1 amide bonds. The van der Waals surface area contributed by atoms with Crippen LogP contribution in [0.4, 0.5) is 0 Å². The van der Waals surface area contributed by atoms with Crippen LogP contribution < -0.4 is 5.32 Å². The minimum absolute atomic E-state index is 0.0308. The molecule has 0 aromatic heterocycles. The standard InChI is InChI=1S/C15H30N2O3/c1-7-13(8-2)16-15(19)12(6)17(11(4)5)10-14(18)20-9-3/h11-13H,7-10H2,1-6H3,(H,16,19). The molecule has 0 aliphatic heterocycles. The average Bonchev–Trinajstić information content (AvgIpc) is 2.41. The van der Waals surface area contributed by atoms with Gasteiger partial charge in [-0.2, -0.15) is 0 Å². The summed E-state index contributed by atoms with van der Waals surface area (Å²) < 4.78 is 4.96. The average molecular weight is 286 g/mol. The molecule has 0 fully saturated rings. The molecule has 0 saturated heterocycles. The van der Waals surface area contributed by atoms with Crippen molar-refractivity contribution in [3.8, 4) is 0 Å². The molecule has 118 valence electrons. The van der Waals surface area contributed by atoms with Crippen molar-refractivity contribution >= 4 is 11.9 Å². The van der Waals surface area contributed by atoms with Crippen molar-refractivity contribution in [2.75, 3.05) is 13.2 Å². The number of ether oxygens (including phenoxy) is 1. The van der Waals surface area contributed by atoms with Crippen molar-refractivity contribution < 1.29 is 14.3 Å². The van der Waals surface area contributed by atoms with E-state index in [1.807, 2.05) is 25.7 Å². The van der Waals surface area contributed by atoms with Gasteiger partial charge >= 0.3 is 5.97 Å². The SMILES string of the molecule is CCOC(=O)CN(C(C)C)C(C)C(=O)NC(CC)CC. The quantitative estimate of drug-likeness (QED) is 0.658. The summed E-state index contributed by atoms with van der Waals surface area (Å²) in [4.78, 5) is 25.7. The Balaban J connectivity index is 4.66. The highest BCUT2D eigenvalue weighted by atomic mass is 16.5. The fourth-order valence-corrected chi connectivity index (χ4v) is 2.09. The second kappa shape index (κ2) is 9.75. The van der Waals surface area contributed by atoms with Crippen LogP contribution in [0.25, 0.3) is 0 Å². The van der Waals surface area contributed by atoms with Crippen molar-refractivity contribution in [3.05, 3.63) is 0 Å². The second-order valence-electron chi connectivity index (χ2n) is 5.27. The lowest BCUT2D eigenvalue weighted by Gasteiger charge is -2.31. The first-order chi connectivity index (χ1) is 9.37. The molecule has 20 heavy (non-hydrogen) atoms.